The molecule has 1 fully saturated rings. The molecule has 0 aliphatic carbocycles. The molecule has 2 nitrogen and oxygen atoms in total. The molecule has 0 saturated carbocycles. The Morgan fingerprint density at radius 3 is 2.86 bits per heavy atom. The lowest BCUT2D eigenvalue weighted by Gasteiger charge is -2.15. The van der Waals surface area contributed by atoms with Crippen LogP contribution in [0.5, 0.6) is 0 Å². The molecule has 0 amide bonds. The van der Waals surface area contributed by atoms with Crippen LogP contribution in [0, 0.1) is 0 Å². The molecule has 0 spiro atoms. The summed E-state index contributed by atoms with van der Waals surface area (Å²) < 4.78 is 54.4. The molecule has 1 saturated heterocycles. The van der Waals surface area contributed by atoms with E-state index in [0.717, 1.165) is 0 Å². The Morgan fingerprint density at radius 1 is 1.71 bits per heavy atom. The van der Waals surface area contributed by atoms with Crippen LogP contribution in [0.25, 0.3) is 0 Å². The van der Waals surface area contributed by atoms with E-state index in [1.165, 1.54) is 0 Å². The minimum absolute atomic E-state index is 1.95. The fourth-order valence-corrected chi connectivity index (χ4v) is 0.255. The maximum Gasteiger partial charge on any atom is 0.0602 e. The van der Waals surface area contributed by atoms with Crippen LogP contribution < -0.4 is 0 Å². The van der Waals surface area contributed by atoms with Crippen molar-refractivity contribution in [2.45, 2.75) is 18.8 Å². The Morgan fingerprint density at radius 2 is 2.29 bits per heavy atom. The Labute approximate surface area is 52.9 Å². The van der Waals surface area contributed by atoms with E-state index >= 15 is 0 Å². The smallest absolute Gasteiger partial charge is 0.0602 e. The number of rotatable bonds is 0. The minimum atomic E-state index is -3.17. The quantitative estimate of drug-likeness (QED) is 0.480. The SMILES string of the molecule is [2H]C1OC([2H])C([2H])([2H])C([2H])(O)C1([2H])[2H]. The van der Waals surface area contributed by atoms with Gasteiger partial charge in [-0.3, -0.25) is 0 Å². The van der Waals surface area contributed by atoms with Crippen LogP contribution in [0.3, 0.4) is 0 Å². The van der Waals surface area contributed by atoms with E-state index in [1.54, 1.807) is 0 Å². The highest BCUT2D eigenvalue weighted by Gasteiger charge is 2.07. The van der Waals surface area contributed by atoms with Crippen LogP contribution in [0.15, 0.2) is 0 Å². The van der Waals surface area contributed by atoms with Gasteiger partial charge in [-0.1, -0.05) is 0 Å². The van der Waals surface area contributed by atoms with E-state index in [1.807, 2.05) is 0 Å². The third-order valence-electron chi connectivity index (χ3n) is 0.527. The summed E-state index contributed by atoms with van der Waals surface area (Å²) in [4.78, 5) is 0. The van der Waals surface area contributed by atoms with Gasteiger partial charge in [-0.25, -0.2) is 0 Å². The molecule has 2 atom stereocenters. The second kappa shape index (κ2) is 2.28. The molecule has 1 aliphatic heterocycles. The van der Waals surface area contributed by atoms with Crippen LogP contribution in [-0.4, -0.2) is 24.4 Å². The van der Waals surface area contributed by atoms with E-state index in [2.05, 4.69) is 4.74 Å². The fourth-order valence-electron chi connectivity index (χ4n) is 0.255. The normalized spacial score (nSPS) is 93.6. The fraction of sp³-hybridized carbons (Fsp3) is 1.00. The van der Waals surface area contributed by atoms with Gasteiger partial charge in [0.2, 0.25) is 0 Å². The summed E-state index contributed by atoms with van der Waals surface area (Å²) in [6.07, 6.45) is -8.93. The second-order valence-electron chi connectivity index (χ2n) is 1.01. The van der Waals surface area contributed by atoms with Gasteiger partial charge < -0.3 is 9.84 Å². The number of aliphatic hydroxyl groups is 1. The molecular weight excluding hydrogens is 92.1 g/mol. The van der Waals surface area contributed by atoms with Gasteiger partial charge >= 0.3 is 0 Å². The third-order valence-corrected chi connectivity index (χ3v) is 0.527. The van der Waals surface area contributed by atoms with E-state index < -0.39 is 32.0 Å². The third kappa shape index (κ3) is 1.45. The summed E-state index contributed by atoms with van der Waals surface area (Å²) in [5, 5.41) is 9.37. The van der Waals surface area contributed by atoms with Gasteiger partial charge in [0.15, 0.2) is 0 Å². The van der Waals surface area contributed by atoms with Crippen LogP contribution in [0.2, 0.25) is 0 Å². The molecular formula is C5H10O2. The summed E-state index contributed by atoms with van der Waals surface area (Å²) in [5.41, 5.74) is 0. The zero-order valence-corrected chi connectivity index (χ0v) is 3.51. The summed E-state index contributed by atoms with van der Waals surface area (Å²) in [5.74, 6) is 0. The number of ether oxygens (including phenoxy) is 1. The molecule has 0 aromatic rings. The molecule has 1 aliphatic rings. The summed E-state index contributed by atoms with van der Waals surface area (Å²) in [7, 11) is 0. The Kier molecular flexibility index (Phi) is 0.408. The molecule has 2 heteroatoms. The van der Waals surface area contributed by atoms with Crippen molar-refractivity contribution >= 4 is 0 Å². The lowest BCUT2D eigenvalue weighted by Crippen LogP contribution is -2.19. The maximum atomic E-state index is 9.37. The monoisotopic (exact) mass is 109 g/mol. The summed E-state index contributed by atoms with van der Waals surface area (Å²) in [6, 6.07) is 0. The van der Waals surface area contributed by atoms with Crippen LogP contribution in [0.4, 0.5) is 0 Å². The predicted molar refractivity (Wildman–Crippen MR) is 26.1 cm³/mol. The zero-order valence-electron chi connectivity index (χ0n) is 10.5. The molecule has 0 aromatic carbocycles. The van der Waals surface area contributed by atoms with Gasteiger partial charge in [-0.15, -0.1) is 0 Å². The minimum Gasteiger partial charge on any atom is -0.393 e. The van der Waals surface area contributed by atoms with Crippen LogP contribution in [-0.2, 0) is 4.74 Å². The van der Waals surface area contributed by atoms with Crippen LogP contribution in [0.1, 0.15) is 22.3 Å². The van der Waals surface area contributed by atoms with Gasteiger partial charge in [0.05, 0.1) is 10.2 Å². The number of hydrogen-bond donors (Lipinski definition) is 1. The highest BCUT2D eigenvalue weighted by atomic mass is 16.5. The van der Waals surface area contributed by atoms with Crippen LogP contribution >= 0.6 is 0 Å². The predicted octanol–water partition coefficient (Wildman–Crippen LogP) is 0.158. The lowest BCUT2D eigenvalue weighted by molar-refractivity contribution is 0.0140. The van der Waals surface area contributed by atoms with Gasteiger partial charge in [-0.2, -0.15) is 0 Å². The van der Waals surface area contributed by atoms with Crippen molar-refractivity contribution in [1.82, 2.24) is 0 Å². The van der Waals surface area contributed by atoms with Gasteiger partial charge in [-0.05, 0) is 12.7 Å². The summed E-state index contributed by atoms with van der Waals surface area (Å²) in [6.45, 7) is -3.90. The molecule has 0 bridgehead atoms. The average molecular weight is 109 g/mol. The van der Waals surface area contributed by atoms with Crippen molar-refractivity contribution in [3.63, 3.8) is 0 Å². The highest BCUT2D eigenvalue weighted by molar-refractivity contribution is 4.58. The van der Waals surface area contributed by atoms with Crippen molar-refractivity contribution in [3.8, 4) is 0 Å². The first-order valence-corrected chi connectivity index (χ1v) is 1.77. The number of hydrogen-bond acceptors (Lipinski definition) is 2. The van der Waals surface area contributed by atoms with Crippen molar-refractivity contribution in [1.29, 1.82) is 0 Å². The van der Waals surface area contributed by atoms with Crippen molar-refractivity contribution in [3.05, 3.63) is 0 Å². The Hall–Kier alpha value is -0.0800. The van der Waals surface area contributed by atoms with E-state index in [-0.39, 0.29) is 0 Å². The van der Waals surface area contributed by atoms with Gasteiger partial charge in [0.25, 0.3) is 0 Å². The molecule has 1 heterocycles. The van der Waals surface area contributed by atoms with Crippen molar-refractivity contribution in [2.75, 3.05) is 13.2 Å². The van der Waals surface area contributed by atoms with Crippen molar-refractivity contribution < 1.29 is 19.4 Å². The molecule has 0 radical (unpaired) electrons. The first kappa shape index (κ1) is 1.25. The second-order valence-corrected chi connectivity index (χ2v) is 1.01. The molecule has 0 aromatic heterocycles. The first-order valence-electron chi connectivity index (χ1n) is 5.43. The zero-order chi connectivity index (χ0) is 11.4. The Balaban J connectivity index is 3.17. The first-order chi connectivity index (χ1) is 6.05. The molecule has 42 valence electrons. The van der Waals surface area contributed by atoms with Crippen molar-refractivity contribution in [2.24, 2.45) is 0 Å². The summed E-state index contributed by atoms with van der Waals surface area (Å²) >= 11 is 0. The Bertz CT molecular complexity index is 218. The lowest BCUT2D eigenvalue weighted by atomic mass is 10.2. The standard InChI is InChI=1S/C5H10O2/c6-5-1-3-7-4-2-5/h5-6H,1-4H2/i1D2,2D2,3D,4D,5D. The highest BCUT2D eigenvalue weighted by Crippen LogP contribution is 2.03. The molecule has 1 rings (SSSR count). The topological polar surface area (TPSA) is 29.5 Å². The average Bonchev–Trinajstić information content (AvgIpc) is 2.01. The maximum absolute atomic E-state index is 9.37. The van der Waals surface area contributed by atoms with E-state index in [4.69, 9.17) is 9.60 Å². The molecule has 7 heavy (non-hydrogen) atoms. The van der Waals surface area contributed by atoms with Gasteiger partial charge in [0.1, 0.15) is 0 Å². The molecule has 2 unspecified atom stereocenters. The van der Waals surface area contributed by atoms with Gasteiger partial charge in [0, 0.05) is 18.6 Å². The van der Waals surface area contributed by atoms with E-state index in [9.17, 15) is 5.11 Å². The van der Waals surface area contributed by atoms with E-state index in [0.29, 0.717) is 0 Å². The molecule has 1 N–H and O–H groups in total. The largest absolute Gasteiger partial charge is 0.393 e.